The Labute approximate surface area is 158 Å². The minimum atomic E-state index is -0.696. The highest BCUT2D eigenvalue weighted by atomic mass is 35.5. The highest BCUT2D eigenvalue weighted by molar-refractivity contribution is 6.33. The third-order valence-corrected chi connectivity index (χ3v) is 4.24. The lowest BCUT2D eigenvalue weighted by molar-refractivity contribution is -0.389. The van der Waals surface area contributed by atoms with E-state index < -0.39 is 16.6 Å². The zero-order valence-corrected chi connectivity index (χ0v) is 15.3. The summed E-state index contributed by atoms with van der Waals surface area (Å²) in [7, 11) is 0. The van der Waals surface area contributed by atoms with Gasteiger partial charge in [-0.3, -0.25) is 10.1 Å². The number of aromatic nitrogens is 5. The number of rotatable bonds is 6. The number of hydrogen-bond acceptors (Lipinski definition) is 6. The number of nitrogens with one attached hydrogen (secondary N) is 1. The van der Waals surface area contributed by atoms with E-state index in [0.717, 1.165) is 11.1 Å². The Balaban J connectivity index is 1.64. The maximum Gasteiger partial charge on any atom is 0.408 e. The second kappa shape index (κ2) is 7.54. The number of aryl methyl sites for hydroxylation is 1. The van der Waals surface area contributed by atoms with Gasteiger partial charge >= 0.3 is 5.82 Å². The predicted octanol–water partition coefficient (Wildman–Crippen LogP) is 2.34. The van der Waals surface area contributed by atoms with Crippen molar-refractivity contribution in [3.8, 4) is 0 Å². The molecule has 0 atom stereocenters. The number of halogens is 1. The molecule has 27 heavy (non-hydrogen) atoms. The minimum absolute atomic E-state index is 0.0895. The summed E-state index contributed by atoms with van der Waals surface area (Å²) in [6, 6.07) is 7.98. The number of nitro groups is 1. The van der Waals surface area contributed by atoms with E-state index in [9.17, 15) is 14.9 Å². The molecule has 0 spiro atoms. The van der Waals surface area contributed by atoms with Crippen LogP contribution in [-0.2, 0) is 17.9 Å². The Morgan fingerprint density at radius 1 is 1.33 bits per heavy atom. The van der Waals surface area contributed by atoms with Crippen LogP contribution in [0.5, 0.6) is 0 Å². The standard InChI is InChI=1S/C16H16ClN7O3/c1-10-4-3-5-12(6-10)7-22-9-18-16(21-22)19-13(25)8-23-11(2)14(17)15(20-23)24(26)27/h3-6,9H,7-8H2,1-2H3,(H,19,21,25). The molecule has 3 rings (SSSR count). The van der Waals surface area contributed by atoms with Crippen LogP contribution in [0.1, 0.15) is 16.8 Å². The van der Waals surface area contributed by atoms with Gasteiger partial charge in [-0.15, -0.1) is 5.10 Å². The first-order chi connectivity index (χ1) is 12.8. The summed E-state index contributed by atoms with van der Waals surface area (Å²) in [6.45, 7) is 3.82. The molecule has 11 heteroatoms. The second-order valence-corrected chi connectivity index (χ2v) is 6.32. The molecule has 1 amide bonds. The molecule has 0 saturated heterocycles. The fraction of sp³-hybridized carbons (Fsp3) is 0.250. The smallest absolute Gasteiger partial charge is 0.358 e. The second-order valence-electron chi connectivity index (χ2n) is 5.94. The molecule has 0 unspecified atom stereocenters. The number of anilines is 1. The summed E-state index contributed by atoms with van der Waals surface area (Å²) in [6.07, 6.45) is 1.51. The molecule has 0 aliphatic rings. The van der Waals surface area contributed by atoms with E-state index in [1.807, 2.05) is 31.2 Å². The quantitative estimate of drug-likeness (QED) is 0.510. The van der Waals surface area contributed by atoms with E-state index in [0.29, 0.717) is 12.2 Å². The average Bonchev–Trinajstić information content (AvgIpc) is 3.14. The van der Waals surface area contributed by atoms with Crippen LogP contribution in [0.4, 0.5) is 11.8 Å². The number of nitrogens with zero attached hydrogens (tertiary/aromatic N) is 6. The van der Waals surface area contributed by atoms with E-state index >= 15 is 0 Å². The molecule has 0 aliphatic heterocycles. The summed E-state index contributed by atoms with van der Waals surface area (Å²) in [5.74, 6) is -0.818. The summed E-state index contributed by atoms with van der Waals surface area (Å²) >= 11 is 5.86. The van der Waals surface area contributed by atoms with Gasteiger partial charge in [-0.05, 0) is 24.3 Å². The van der Waals surface area contributed by atoms with E-state index in [-0.39, 0.29) is 17.5 Å². The van der Waals surface area contributed by atoms with Crippen LogP contribution in [0.25, 0.3) is 0 Å². The summed E-state index contributed by atoms with van der Waals surface area (Å²) in [5, 5.41) is 21.2. The highest BCUT2D eigenvalue weighted by Gasteiger charge is 2.25. The van der Waals surface area contributed by atoms with Crippen LogP contribution in [0.15, 0.2) is 30.6 Å². The van der Waals surface area contributed by atoms with E-state index in [1.165, 1.54) is 11.0 Å². The highest BCUT2D eigenvalue weighted by Crippen LogP contribution is 2.26. The normalized spacial score (nSPS) is 10.8. The van der Waals surface area contributed by atoms with Gasteiger partial charge in [-0.25, -0.2) is 9.67 Å². The molecule has 1 N–H and O–H groups in total. The van der Waals surface area contributed by atoms with Gasteiger partial charge in [0.1, 0.15) is 12.9 Å². The topological polar surface area (TPSA) is 121 Å². The Morgan fingerprint density at radius 2 is 2.11 bits per heavy atom. The zero-order chi connectivity index (χ0) is 19.6. The molecular weight excluding hydrogens is 374 g/mol. The van der Waals surface area contributed by atoms with Crippen molar-refractivity contribution in [3.05, 3.63) is 62.6 Å². The van der Waals surface area contributed by atoms with Crippen LogP contribution in [0.2, 0.25) is 5.02 Å². The first kappa shape index (κ1) is 18.5. The maximum absolute atomic E-state index is 12.2. The largest absolute Gasteiger partial charge is 0.408 e. The van der Waals surface area contributed by atoms with Crippen molar-refractivity contribution in [3.63, 3.8) is 0 Å². The number of carbonyl (C=O) groups is 1. The lowest BCUT2D eigenvalue weighted by Crippen LogP contribution is -2.21. The Kier molecular flexibility index (Phi) is 5.17. The van der Waals surface area contributed by atoms with Crippen molar-refractivity contribution >= 4 is 29.3 Å². The molecule has 0 bridgehead atoms. The zero-order valence-electron chi connectivity index (χ0n) is 14.6. The molecule has 3 aromatic rings. The van der Waals surface area contributed by atoms with E-state index in [1.54, 1.807) is 11.6 Å². The minimum Gasteiger partial charge on any atom is -0.358 e. The Morgan fingerprint density at radius 3 is 2.78 bits per heavy atom. The van der Waals surface area contributed by atoms with Crippen molar-refractivity contribution in [2.24, 2.45) is 0 Å². The summed E-state index contributed by atoms with van der Waals surface area (Å²) in [4.78, 5) is 26.4. The third-order valence-electron chi connectivity index (χ3n) is 3.80. The van der Waals surface area contributed by atoms with Gasteiger partial charge in [-0.1, -0.05) is 41.4 Å². The van der Waals surface area contributed by atoms with Crippen molar-refractivity contribution in [1.29, 1.82) is 0 Å². The van der Waals surface area contributed by atoms with Crippen LogP contribution in [0.3, 0.4) is 0 Å². The molecule has 10 nitrogen and oxygen atoms in total. The van der Waals surface area contributed by atoms with Crippen molar-refractivity contribution < 1.29 is 9.72 Å². The molecule has 0 radical (unpaired) electrons. The predicted molar refractivity (Wildman–Crippen MR) is 97.6 cm³/mol. The fourth-order valence-corrected chi connectivity index (χ4v) is 2.71. The average molecular weight is 390 g/mol. The van der Waals surface area contributed by atoms with Crippen LogP contribution in [-0.4, -0.2) is 35.4 Å². The number of benzene rings is 1. The first-order valence-corrected chi connectivity index (χ1v) is 8.33. The van der Waals surface area contributed by atoms with Gasteiger partial charge in [0.15, 0.2) is 5.02 Å². The molecule has 2 aromatic heterocycles. The molecule has 140 valence electrons. The Hall–Kier alpha value is -3.27. The first-order valence-electron chi connectivity index (χ1n) is 7.95. The van der Waals surface area contributed by atoms with Gasteiger partial charge in [0, 0.05) is 0 Å². The third kappa shape index (κ3) is 4.29. The monoisotopic (exact) mass is 389 g/mol. The SMILES string of the molecule is Cc1cccc(Cn2cnc(NC(=O)Cn3nc([N+](=O)[O-])c(Cl)c3C)n2)c1. The molecule has 0 aliphatic carbocycles. The lowest BCUT2D eigenvalue weighted by atomic mass is 10.1. The number of amides is 1. The van der Waals surface area contributed by atoms with Crippen molar-refractivity contribution in [1.82, 2.24) is 24.5 Å². The van der Waals surface area contributed by atoms with E-state index in [2.05, 4.69) is 20.5 Å². The molecule has 2 heterocycles. The fourth-order valence-electron chi connectivity index (χ4n) is 2.50. The molecule has 1 aromatic carbocycles. The number of hydrogen-bond donors (Lipinski definition) is 1. The Bertz CT molecular complexity index is 1010. The molecule has 0 fully saturated rings. The van der Waals surface area contributed by atoms with Crippen LogP contribution in [0, 0.1) is 24.0 Å². The summed E-state index contributed by atoms with van der Waals surface area (Å²) in [5.41, 5.74) is 2.53. The summed E-state index contributed by atoms with van der Waals surface area (Å²) < 4.78 is 2.77. The van der Waals surface area contributed by atoms with E-state index in [4.69, 9.17) is 11.6 Å². The maximum atomic E-state index is 12.2. The van der Waals surface area contributed by atoms with Gasteiger partial charge in [0.05, 0.1) is 17.3 Å². The van der Waals surface area contributed by atoms with Crippen molar-refractivity contribution in [2.45, 2.75) is 26.9 Å². The van der Waals surface area contributed by atoms with Gasteiger partial charge in [-0.2, -0.15) is 4.68 Å². The lowest BCUT2D eigenvalue weighted by Gasteiger charge is -2.02. The van der Waals surface area contributed by atoms with Gasteiger partial charge in [0.25, 0.3) is 5.91 Å². The number of carbonyl (C=O) groups excluding carboxylic acids is 1. The van der Waals surface area contributed by atoms with Crippen LogP contribution < -0.4 is 5.32 Å². The van der Waals surface area contributed by atoms with Crippen LogP contribution >= 0.6 is 11.6 Å². The molecule has 0 saturated carbocycles. The van der Waals surface area contributed by atoms with Gasteiger partial charge < -0.3 is 10.1 Å². The molecular formula is C16H16ClN7O3. The van der Waals surface area contributed by atoms with Crippen molar-refractivity contribution in [2.75, 3.05) is 5.32 Å². The van der Waals surface area contributed by atoms with Gasteiger partial charge in [0.2, 0.25) is 5.95 Å².